The molecule has 6 aliphatic carbocycles. The number of nitrogens with zero attached hydrogens (tertiary/aromatic N) is 3. The molecule has 5 saturated carbocycles. The number of amides is 1. The lowest BCUT2D eigenvalue weighted by Gasteiger charge is -2.72. The van der Waals surface area contributed by atoms with E-state index >= 15 is 0 Å². The van der Waals surface area contributed by atoms with E-state index in [1.807, 2.05) is 63.6 Å². The molecule has 0 spiro atoms. The quantitative estimate of drug-likeness (QED) is 0.250. The van der Waals surface area contributed by atoms with Crippen molar-refractivity contribution in [3.05, 3.63) is 46.3 Å². The lowest BCUT2D eigenvalue weighted by Crippen LogP contribution is -2.67. The minimum absolute atomic E-state index is 0.00454. The number of Topliss-reactive ketones (excluding diaryl/α,β-unsaturated/α-hetero) is 1. The number of benzene rings is 1. The maximum absolute atomic E-state index is 14.8. The van der Waals surface area contributed by atoms with E-state index in [4.69, 9.17) is 16.3 Å². The highest BCUT2D eigenvalue weighted by atomic mass is 35.5. The summed E-state index contributed by atoms with van der Waals surface area (Å²) in [5, 5.41) is 23.0. The van der Waals surface area contributed by atoms with Crippen LogP contribution in [0.2, 0.25) is 5.02 Å². The number of carboxylic acids is 1. The lowest BCUT2D eigenvalue weighted by molar-refractivity contribution is -0.235. The van der Waals surface area contributed by atoms with Crippen LogP contribution in [0.4, 0.5) is 0 Å². The third-order valence-electron chi connectivity index (χ3n) is 18.9. The molecule has 11 heteroatoms. The first-order valence-corrected chi connectivity index (χ1v) is 23.3. The van der Waals surface area contributed by atoms with Gasteiger partial charge in [-0.1, -0.05) is 73.9 Å². The second-order valence-corrected chi connectivity index (χ2v) is 23.5. The van der Waals surface area contributed by atoms with Gasteiger partial charge in [0.1, 0.15) is 17.3 Å². The minimum Gasteiger partial charge on any atom is -0.481 e. The first-order chi connectivity index (χ1) is 28.3. The number of halogens is 1. The van der Waals surface area contributed by atoms with Crippen LogP contribution in [0.25, 0.3) is 11.4 Å². The van der Waals surface area contributed by atoms with E-state index in [9.17, 15) is 24.3 Å². The van der Waals surface area contributed by atoms with Crippen LogP contribution in [-0.4, -0.2) is 55.1 Å². The molecule has 1 aromatic carbocycles. The summed E-state index contributed by atoms with van der Waals surface area (Å²) in [6.45, 7) is 24.0. The number of hydrogen-bond acceptors (Lipinski definition) is 7. The van der Waals surface area contributed by atoms with E-state index in [-0.39, 0.29) is 57.3 Å². The molecule has 61 heavy (non-hydrogen) atoms. The van der Waals surface area contributed by atoms with Gasteiger partial charge in [-0.05, 0) is 152 Å². The number of ketones is 1. The number of carboxylic acid groups (broad SMARTS) is 1. The Morgan fingerprint density at radius 3 is 2.16 bits per heavy atom. The lowest BCUT2D eigenvalue weighted by atomic mass is 9.33. The SMILES string of the molecule is CC(C)C1=C2[C@H]3CC[C@@H]4[C@@]5(C)CC[C@H](OC(=O)[C@H]6C[C@@H](C(=O)O)C6(C)C)C(C)(C)[C@@H]5CC[C@@]4(C)[C@]3(C)CC[C@@]2(NC(=O)C(C)(C)c2nnc(-c3ccc(Cl)cc3)n2C)CC1=O. The summed E-state index contributed by atoms with van der Waals surface area (Å²) in [6.07, 6.45) is 7.90. The molecule has 8 rings (SSSR count). The number of fused-ring (bicyclic) bond motifs is 7. The molecule has 6 aliphatic rings. The highest BCUT2D eigenvalue weighted by Gasteiger charge is 2.71. The Kier molecular flexibility index (Phi) is 10.3. The van der Waals surface area contributed by atoms with Crippen molar-refractivity contribution in [2.75, 3.05) is 0 Å². The summed E-state index contributed by atoms with van der Waals surface area (Å²) >= 11 is 6.17. The average molecular weight is 858 g/mol. The number of esters is 1. The third kappa shape index (κ3) is 6.19. The van der Waals surface area contributed by atoms with Crippen molar-refractivity contribution in [3.8, 4) is 11.4 Å². The van der Waals surface area contributed by atoms with Gasteiger partial charge in [0.15, 0.2) is 11.6 Å². The topological polar surface area (TPSA) is 140 Å². The third-order valence-corrected chi connectivity index (χ3v) is 19.2. The van der Waals surface area contributed by atoms with E-state index in [1.165, 1.54) is 5.57 Å². The fourth-order valence-corrected chi connectivity index (χ4v) is 15.2. The van der Waals surface area contributed by atoms with Crippen molar-refractivity contribution >= 4 is 35.2 Å². The number of ether oxygens (including phenoxy) is 1. The Balaban J connectivity index is 1.06. The monoisotopic (exact) mass is 856 g/mol. The van der Waals surface area contributed by atoms with Crippen LogP contribution in [0, 0.1) is 62.6 Å². The fourth-order valence-electron chi connectivity index (χ4n) is 15.1. The highest BCUT2D eigenvalue weighted by Crippen LogP contribution is 2.76. The summed E-state index contributed by atoms with van der Waals surface area (Å²) in [7, 11) is 1.89. The van der Waals surface area contributed by atoms with Gasteiger partial charge < -0.3 is 19.7 Å². The van der Waals surface area contributed by atoms with Crippen molar-refractivity contribution in [1.29, 1.82) is 0 Å². The zero-order valence-corrected chi connectivity index (χ0v) is 39.4. The Morgan fingerprint density at radius 2 is 1.54 bits per heavy atom. The summed E-state index contributed by atoms with van der Waals surface area (Å²) in [6, 6.07) is 7.44. The molecule has 1 amide bonds. The molecule has 5 fully saturated rings. The van der Waals surface area contributed by atoms with Gasteiger partial charge in [0, 0.05) is 29.5 Å². The molecule has 10 atom stereocenters. The Morgan fingerprint density at radius 1 is 0.869 bits per heavy atom. The predicted octanol–water partition coefficient (Wildman–Crippen LogP) is 9.92. The number of hydrogen-bond donors (Lipinski definition) is 2. The van der Waals surface area contributed by atoms with Gasteiger partial charge in [-0.2, -0.15) is 0 Å². The number of carbonyl (C=O) groups excluding carboxylic acids is 3. The average Bonchev–Trinajstić information content (AvgIpc) is 3.69. The van der Waals surface area contributed by atoms with Gasteiger partial charge in [-0.15, -0.1) is 10.2 Å². The van der Waals surface area contributed by atoms with Crippen LogP contribution in [0.5, 0.6) is 0 Å². The molecule has 0 saturated heterocycles. The molecule has 1 heterocycles. The summed E-state index contributed by atoms with van der Waals surface area (Å²) in [4.78, 5) is 54.7. The van der Waals surface area contributed by atoms with Gasteiger partial charge >= 0.3 is 11.9 Å². The van der Waals surface area contributed by atoms with Crippen molar-refractivity contribution in [1.82, 2.24) is 20.1 Å². The maximum atomic E-state index is 14.8. The van der Waals surface area contributed by atoms with Gasteiger partial charge in [-0.25, -0.2) is 0 Å². The first kappa shape index (κ1) is 44.1. The van der Waals surface area contributed by atoms with Crippen molar-refractivity contribution in [3.63, 3.8) is 0 Å². The molecule has 0 radical (unpaired) electrons. The van der Waals surface area contributed by atoms with Crippen molar-refractivity contribution in [2.45, 2.75) is 157 Å². The van der Waals surface area contributed by atoms with Crippen LogP contribution in [0.15, 0.2) is 35.4 Å². The van der Waals surface area contributed by atoms with Crippen LogP contribution >= 0.6 is 11.6 Å². The van der Waals surface area contributed by atoms with E-state index < -0.39 is 34.2 Å². The minimum atomic E-state index is -1.04. The fraction of sp³-hybridized carbons (Fsp3) is 0.720. The van der Waals surface area contributed by atoms with E-state index in [1.54, 1.807) is 0 Å². The van der Waals surface area contributed by atoms with Crippen LogP contribution in [-0.2, 0) is 36.4 Å². The summed E-state index contributed by atoms with van der Waals surface area (Å²) < 4.78 is 8.32. The molecular formula is C50H69ClN4O6. The van der Waals surface area contributed by atoms with E-state index in [0.29, 0.717) is 47.8 Å². The van der Waals surface area contributed by atoms with Crippen LogP contribution in [0.3, 0.4) is 0 Å². The zero-order chi connectivity index (χ0) is 44.6. The number of aromatic nitrogens is 3. The summed E-state index contributed by atoms with van der Waals surface area (Å²) in [5.41, 5.74) is 0.256. The predicted molar refractivity (Wildman–Crippen MR) is 235 cm³/mol. The number of nitrogens with one attached hydrogen (secondary N) is 1. The highest BCUT2D eigenvalue weighted by molar-refractivity contribution is 6.30. The van der Waals surface area contributed by atoms with Crippen molar-refractivity contribution < 1.29 is 29.0 Å². The number of rotatable bonds is 8. The molecule has 10 nitrogen and oxygen atoms in total. The smallest absolute Gasteiger partial charge is 0.309 e. The standard InChI is InChI=1S/C50H69ClN4O6/c1-27(2)37-33(56)26-50(52-43(60)46(7,8)42-54-53-39(55(42)12)28-13-15-29(51)16-14-28)24-23-48(10)30(38(37)50)17-18-35-47(9)21-20-36(45(5,6)34(47)19-22-49(35,48)11)61-41(59)32-25-31(40(57)58)44(32,3)4/h13-16,27,30-32,34-36H,17-26H2,1-12H3,(H,52,60)(H,57,58)/t30-,31+,32-,34+,35-,36+,47+,48-,49-,50-/m1/s1. The Labute approximate surface area is 367 Å². The Bertz CT molecular complexity index is 2200. The van der Waals surface area contributed by atoms with Crippen LogP contribution < -0.4 is 5.32 Å². The second kappa shape index (κ2) is 14.2. The molecule has 332 valence electrons. The van der Waals surface area contributed by atoms with Gasteiger partial charge in [0.2, 0.25) is 5.91 Å². The van der Waals surface area contributed by atoms with Gasteiger partial charge in [0.05, 0.1) is 17.4 Å². The zero-order valence-electron chi connectivity index (χ0n) is 38.6. The molecule has 0 unspecified atom stereocenters. The summed E-state index contributed by atoms with van der Waals surface area (Å²) in [5.74, 6) is 0.212. The largest absolute Gasteiger partial charge is 0.481 e. The molecular weight excluding hydrogens is 788 g/mol. The maximum Gasteiger partial charge on any atom is 0.309 e. The number of aliphatic carboxylic acids is 1. The second-order valence-electron chi connectivity index (χ2n) is 23.1. The molecule has 0 bridgehead atoms. The van der Waals surface area contributed by atoms with Crippen LogP contribution in [0.1, 0.15) is 146 Å². The number of allylic oxidation sites excluding steroid dienone is 1. The molecule has 1 aromatic heterocycles. The van der Waals surface area contributed by atoms with E-state index in [0.717, 1.165) is 56.1 Å². The van der Waals surface area contributed by atoms with Crippen molar-refractivity contribution in [2.24, 2.45) is 69.6 Å². The molecule has 0 aliphatic heterocycles. The molecule has 2 aromatic rings. The number of carbonyl (C=O) groups is 4. The van der Waals surface area contributed by atoms with Gasteiger partial charge in [0.25, 0.3) is 0 Å². The Hall–Kier alpha value is -3.53. The normalized spacial score (nSPS) is 37.5. The first-order valence-electron chi connectivity index (χ1n) is 23.0. The van der Waals surface area contributed by atoms with E-state index in [2.05, 4.69) is 64.0 Å². The van der Waals surface area contributed by atoms with Gasteiger partial charge in [-0.3, -0.25) is 19.2 Å². The molecule has 2 N–H and O–H groups in total.